The van der Waals surface area contributed by atoms with Gasteiger partial charge in [0.15, 0.2) is 0 Å². The maximum Gasteiger partial charge on any atom is 0.370 e. The number of hydrogen-bond acceptors (Lipinski definition) is 3. The smallest absolute Gasteiger partial charge is 0.324 e. The van der Waals surface area contributed by atoms with Crippen LogP contribution in [0.25, 0.3) is 0 Å². The molecule has 0 N–H and O–H groups in total. The molecule has 0 atom stereocenters. The van der Waals surface area contributed by atoms with E-state index in [2.05, 4.69) is 0 Å². The van der Waals surface area contributed by atoms with Crippen LogP contribution in [-0.4, -0.2) is 20.3 Å². The highest BCUT2D eigenvalue weighted by Gasteiger charge is 2.06. The van der Waals surface area contributed by atoms with E-state index in [0.29, 0.717) is 13.2 Å². The Morgan fingerprint density at radius 3 is 1.78 bits per heavy atom. The van der Waals surface area contributed by atoms with E-state index in [9.17, 15) is 0 Å². The first-order valence-electron chi connectivity index (χ1n) is 3.01. The van der Waals surface area contributed by atoms with Gasteiger partial charge in [0, 0.05) is 20.3 Å². The number of hydrogen-bond donors (Lipinski definition) is 0. The molecule has 0 aliphatic heterocycles. The molecule has 0 fully saturated rings. The molecule has 0 aliphatic rings. The van der Waals surface area contributed by atoms with E-state index in [-0.39, 0.29) is 6.48 Å². The molecule has 0 saturated carbocycles. The van der Waals surface area contributed by atoms with Gasteiger partial charge in [-0.05, 0) is 13.8 Å². The quantitative estimate of drug-likeness (QED) is 0.563. The Bertz CT molecular complexity index is 50.3. The normalized spacial score (nSPS) is 10.7. The Balaban J connectivity index is 3.18. The van der Waals surface area contributed by atoms with Crippen LogP contribution < -0.4 is 0 Å². The first-order chi connectivity index (χ1) is 4.35. The Morgan fingerprint density at radius 1 is 1.11 bits per heavy atom. The monoisotopic (exact) mass is 133 g/mol. The summed E-state index contributed by atoms with van der Waals surface area (Å²) in [6.45, 7) is 5.14. The summed E-state index contributed by atoms with van der Waals surface area (Å²) in [6, 6.07) is 0. The van der Waals surface area contributed by atoms with Crippen molar-refractivity contribution in [3.63, 3.8) is 0 Å². The highest BCUT2D eigenvalue weighted by atomic mass is 16.8. The van der Waals surface area contributed by atoms with Crippen molar-refractivity contribution in [2.75, 3.05) is 20.3 Å². The van der Waals surface area contributed by atoms with Gasteiger partial charge in [-0.3, -0.25) is 0 Å². The predicted octanol–water partition coefficient (Wildman–Crippen LogP) is 1.15. The third kappa shape index (κ3) is 4.39. The fourth-order valence-electron chi connectivity index (χ4n) is 0.395. The van der Waals surface area contributed by atoms with Crippen molar-refractivity contribution in [2.24, 2.45) is 0 Å². The zero-order valence-electron chi connectivity index (χ0n) is 6.14. The van der Waals surface area contributed by atoms with Gasteiger partial charge >= 0.3 is 6.48 Å². The Kier molecular flexibility index (Phi) is 5.93. The molecular weight excluding hydrogens is 120 g/mol. The lowest BCUT2D eigenvalue weighted by Crippen LogP contribution is -2.09. The number of ether oxygens (including phenoxy) is 3. The third-order valence-corrected chi connectivity index (χ3v) is 0.691. The molecule has 0 rings (SSSR count). The van der Waals surface area contributed by atoms with Crippen molar-refractivity contribution in [1.29, 1.82) is 0 Å². The molecule has 3 heteroatoms. The van der Waals surface area contributed by atoms with Crippen LogP contribution in [0.15, 0.2) is 0 Å². The Hall–Kier alpha value is -0.120. The number of rotatable bonds is 5. The average molecular weight is 133 g/mol. The molecule has 0 amide bonds. The molecule has 0 heterocycles. The van der Waals surface area contributed by atoms with Crippen molar-refractivity contribution in [3.8, 4) is 0 Å². The summed E-state index contributed by atoms with van der Waals surface area (Å²) in [5.41, 5.74) is 0. The second-order valence-electron chi connectivity index (χ2n) is 1.32. The van der Waals surface area contributed by atoms with E-state index >= 15 is 0 Å². The first kappa shape index (κ1) is 8.88. The summed E-state index contributed by atoms with van der Waals surface area (Å²) >= 11 is 0. The molecule has 0 unspecified atom stereocenters. The summed E-state index contributed by atoms with van der Waals surface area (Å²) in [4.78, 5) is 0. The molecule has 55 valence electrons. The zero-order valence-corrected chi connectivity index (χ0v) is 6.14. The summed E-state index contributed by atoms with van der Waals surface area (Å²) < 4.78 is 14.5. The van der Waals surface area contributed by atoms with Crippen LogP contribution in [0.2, 0.25) is 0 Å². The van der Waals surface area contributed by atoms with Crippen molar-refractivity contribution < 1.29 is 14.2 Å². The fourth-order valence-corrected chi connectivity index (χ4v) is 0.395. The van der Waals surface area contributed by atoms with Crippen LogP contribution in [0.5, 0.6) is 0 Å². The third-order valence-electron chi connectivity index (χ3n) is 0.691. The standard InChI is InChI=1S/C6H13O3/c1-4-8-6(7-3)9-5-2/h4-5H2,1-3H3. The highest BCUT2D eigenvalue weighted by Crippen LogP contribution is 2.03. The fraction of sp³-hybridized carbons (Fsp3) is 0.833. The SMILES string of the molecule is CCO[C](OC)OCC. The van der Waals surface area contributed by atoms with Gasteiger partial charge in [0.1, 0.15) is 0 Å². The molecule has 9 heavy (non-hydrogen) atoms. The molecule has 0 aromatic rings. The van der Waals surface area contributed by atoms with Crippen LogP contribution in [0.4, 0.5) is 0 Å². The van der Waals surface area contributed by atoms with Gasteiger partial charge in [0.05, 0.1) is 0 Å². The summed E-state index contributed by atoms with van der Waals surface area (Å²) in [5.74, 6) is 0. The van der Waals surface area contributed by atoms with Crippen molar-refractivity contribution in [1.82, 2.24) is 0 Å². The van der Waals surface area contributed by atoms with Gasteiger partial charge in [-0.2, -0.15) is 0 Å². The maximum atomic E-state index is 4.90. The van der Waals surface area contributed by atoms with Crippen LogP contribution in [0.1, 0.15) is 13.8 Å². The largest absolute Gasteiger partial charge is 0.370 e. The van der Waals surface area contributed by atoms with E-state index in [1.54, 1.807) is 0 Å². The van der Waals surface area contributed by atoms with Crippen LogP contribution in [0.3, 0.4) is 0 Å². The van der Waals surface area contributed by atoms with Crippen LogP contribution in [-0.2, 0) is 14.2 Å². The van der Waals surface area contributed by atoms with Crippen LogP contribution in [0, 0.1) is 6.48 Å². The van der Waals surface area contributed by atoms with E-state index < -0.39 is 0 Å². The van der Waals surface area contributed by atoms with Crippen molar-refractivity contribution in [3.05, 3.63) is 6.48 Å². The van der Waals surface area contributed by atoms with Crippen molar-refractivity contribution in [2.45, 2.75) is 13.8 Å². The second-order valence-corrected chi connectivity index (χ2v) is 1.32. The minimum Gasteiger partial charge on any atom is -0.324 e. The minimum atomic E-state index is 0.250. The summed E-state index contributed by atoms with van der Waals surface area (Å²) in [6.07, 6.45) is 0. The average Bonchev–Trinajstić information content (AvgIpc) is 1.88. The van der Waals surface area contributed by atoms with Gasteiger partial charge in [-0.25, -0.2) is 0 Å². The molecule has 0 bridgehead atoms. The van der Waals surface area contributed by atoms with E-state index in [1.165, 1.54) is 7.11 Å². The highest BCUT2D eigenvalue weighted by molar-refractivity contribution is 4.42. The van der Waals surface area contributed by atoms with Crippen LogP contribution >= 0.6 is 0 Å². The predicted molar refractivity (Wildman–Crippen MR) is 33.5 cm³/mol. The Labute approximate surface area is 55.9 Å². The lowest BCUT2D eigenvalue weighted by atomic mass is 10.8. The van der Waals surface area contributed by atoms with E-state index in [4.69, 9.17) is 14.2 Å². The van der Waals surface area contributed by atoms with Gasteiger partial charge in [0.2, 0.25) is 0 Å². The van der Waals surface area contributed by atoms with Gasteiger partial charge in [0.25, 0.3) is 0 Å². The molecule has 0 saturated heterocycles. The molecule has 0 aliphatic carbocycles. The molecule has 0 aromatic carbocycles. The lowest BCUT2D eigenvalue weighted by Gasteiger charge is -2.10. The molecule has 0 spiro atoms. The van der Waals surface area contributed by atoms with Crippen molar-refractivity contribution >= 4 is 0 Å². The van der Waals surface area contributed by atoms with E-state index in [1.807, 2.05) is 13.8 Å². The first-order valence-corrected chi connectivity index (χ1v) is 3.01. The van der Waals surface area contributed by atoms with Gasteiger partial charge in [-0.15, -0.1) is 0 Å². The number of methoxy groups -OCH3 is 1. The second kappa shape index (κ2) is 6.01. The maximum absolute atomic E-state index is 4.90. The molecular formula is C6H13O3. The summed E-state index contributed by atoms with van der Waals surface area (Å²) in [7, 11) is 1.51. The van der Waals surface area contributed by atoms with E-state index in [0.717, 1.165) is 0 Å². The summed E-state index contributed by atoms with van der Waals surface area (Å²) in [5, 5.41) is 0. The van der Waals surface area contributed by atoms with Gasteiger partial charge < -0.3 is 14.2 Å². The minimum absolute atomic E-state index is 0.250. The zero-order chi connectivity index (χ0) is 7.11. The van der Waals surface area contributed by atoms with Gasteiger partial charge in [-0.1, -0.05) is 0 Å². The molecule has 1 radical (unpaired) electrons. The lowest BCUT2D eigenvalue weighted by molar-refractivity contribution is -0.169. The Morgan fingerprint density at radius 2 is 1.56 bits per heavy atom. The molecule has 0 aromatic heterocycles. The molecule has 3 nitrogen and oxygen atoms in total. The topological polar surface area (TPSA) is 27.7 Å².